The molecule has 9 nitrogen and oxygen atoms in total. The van der Waals surface area contributed by atoms with E-state index >= 15 is 0 Å². The maximum absolute atomic E-state index is 12.4. The number of hydrogen-bond donors (Lipinski definition) is 3. The van der Waals surface area contributed by atoms with Gasteiger partial charge in [-0.15, -0.1) is 0 Å². The molecule has 0 bridgehead atoms. The number of carbonyl (C=O) groups excluding carboxylic acids is 2. The van der Waals surface area contributed by atoms with Gasteiger partial charge >= 0.3 is 19.8 Å². The molecule has 0 amide bonds. The van der Waals surface area contributed by atoms with Crippen LogP contribution in [0.5, 0.6) is 0 Å². The molecular formula is C40H73O9P. The van der Waals surface area contributed by atoms with Crippen LogP contribution in [0, 0.1) is 0 Å². The Hall–Kier alpha value is -1.77. The van der Waals surface area contributed by atoms with Crippen LogP contribution in [0.1, 0.15) is 181 Å². The van der Waals surface area contributed by atoms with Crippen LogP contribution < -0.4 is 0 Å². The summed E-state index contributed by atoms with van der Waals surface area (Å²) in [5.74, 6) is -0.934. The zero-order valence-corrected chi connectivity index (χ0v) is 32.6. The average Bonchev–Trinajstić information content (AvgIpc) is 3.07. The zero-order valence-electron chi connectivity index (χ0n) is 31.7. The highest BCUT2D eigenvalue weighted by Crippen LogP contribution is 2.36. The fourth-order valence-corrected chi connectivity index (χ4v) is 5.89. The molecule has 0 aliphatic heterocycles. The van der Waals surface area contributed by atoms with Crippen molar-refractivity contribution in [1.29, 1.82) is 0 Å². The Morgan fingerprint density at radius 3 is 1.64 bits per heavy atom. The van der Waals surface area contributed by atoms with Crippen LogP contribution in [0.4, 0.5) is 0 Å². The second kappa shape index (κ2) is 35.6. The number of allylic oxidation sites excluding steroid dienone is 4. The number of phosphoric acid groups is 1. The van der Waals surface area contributed by atoms with Crippen LogP contribution in [-0.2, 0) is 28.2 Å². The molecule has 0 spiro atoms. The summed E-state index contributed by atoms with van der Waals surface area (Å²) >= 11 is 0. The van der Waals surface area contributed by atoms with Crippen molar-refractivity contribution in [3.8, 4) is 0 Å². The predicted octanol–water partition coefficient (Wildman–Crippen LogP) is 10.8. The van der Waals surface area contributed by atoms with Crippen molar-refractivity contribution in [3.63, 3.8) is 0 Å². The highest BCUT2D eigenvalue weighted by Gasteiger charge is 2.22. The Morgan fingerprint density at radius 2 is 1.12 bits per heavy atom. The van der Waals surface area contributed by atoms with Crippen LogP contribution in [-0.4, -0.2) is 52.3 Å². The lowest BCUT2D eigenvalue weighted by Crippen LogP contribution is -2.29. The number of carbonyl (C=O) groups is 2. The molecule has 292 valence electrons. The van der Waals surface area contributed by atoms with Gasteiger partial charge in [0.2, 0.25) is 0 Å². The molecule has 0 aliphatic rings. The van der Waals surface area contributed by atoms with Crippen LogP contribution in [0.3, 0.4) is 0 Å². The van der Waals surface area contributed by atoms with Crippen molar-refractivity contribution in [2.45, 2.75) is 193 Å². The third kappa shape index (κ3) is 37.5. The lowest BCUT2D eigenvalue weighted by molar-refractivity contribution is -0.161. The molecule has 0 aliphatic carbocycles. The lowest BCUT2D eigenvalue weighted by atomic mass is 10.0. The Bertz CT molecular complexity index is 928. The predicted molar refractivity (Wildman–Crippen MR) is 204 cm³/mol. The van der Waals surface area contributed by atoms with Crippen LogP contribution >= 0.6 is 7.82 Å². The molecule has 50 heavy (non-hydrogen) atoms. The van der Waals surface area contributed by atoms with Gasteiger partial charge in [-0.05, 0) is 38.5 Å². The highest BCUT2D eigenvalue weighted by molar-refractivity contribution is 7.46. The molecule has 0 aromatic heterocycles. The standard InChI is InChI=1S/C40H73O9P/c1-3-5-7-8-9-10-11-12-13-14-15-16-19-23-26-30-34-40(43)49-38(36-48-50(44,45)46)35-47-39(42)33-29-25-22-20-17-18-21-24-28-32-37(41)31-27-6-4-2/h6,21,24,27-28,32,37-38,41H,3-5,7-20,22-23,25-26,29-31,33-36H2,1-2H3,(H2,44,45,46)/b24-21+,27-6+,32-28+/t37?,38-/m1/s1. The van der Waals surface area contributed by atoms with E-state index < -0.39 is 38.6 Å². The zero-order chi connectivity index (χ0) is 37.0. The fraction of sp³-hybridized carbons (Fsp3) is 0.800. The molecule has 0 aromatic carbocycles. The number of ether oxygens (including phenoxy) is 2. The third-order valence-electron chi connectivity index (χ3n) is 8.50. The maximum Gasteiger partial charge on any atom is 0.469 e. The summed E-state index contributed by atoms with van der Waals surface area (Å²) in [6.07, 6.45) is 37.7. The van der Waals surface area contributed by atoms with E-state index in [1.54, 1.807) is 6.08 Å². The van der Waals surface area contributed by atoms with Crippen molar-refractivity contribution in [2.75, 3.05) is 13.2 Å². The van der Waals surface area contributed by atoms with E-state index in [1.165, 1.54) is 77.0 Å². The Labute approximate surface area is 304 Å². The van der Waals surface area contributed by atoms with Gasteiger partial charge in [0.1, 0.15) is 6.61 Å². The summed E-state index contributed by atoms with van der Waals surface area (Å²) in [6.45, 7) is 3.46. The summed E-state index contributed by atoms with van der Waals surface area (Å²) in [6, 6.07) is 0. The first-order chi connectivity index (χ1) is 24.2. The third-order valence-corrected chi connectivity index (χ3v) is 8.99. The van der Waals surface area contributed by atoms with E-state index in [2.05, 4.69) is 24.4 Å². The summed E-state index contributed by atoms with van der Waals surface area (Å²) in [4.78, 5) is 42.8. The normalized spacial score (nSPS) is 13.5. The van der Waals surface area contributed by atoms with E-state index in [0.29, 0.717) is 19.3 Å². The SMILES string of the molecule is CC/C=C/CC(O)/C=C/C=C/CCCCCCCC(=O)OC[C@H](COP(=O)(O)O)OC(=O)CCCCCCCCCCCCCCCCCC. The molecular weight excluding hydrogens is 655 g/mol. The highest BCUT2D eigenvalue weighted by atomic mass is 31.2. The van der Waals surface area contributed by atoms with Gasteiger partial charge in [-0.3, -0.25) is 14.1 Å². The Balaban J connectivity index is 3.99. The smallest absolute Gasteiger partial charge is 0.462 e. The van der Waals surface area contributed by atoms with Gasteiger partial charge in [-0.1, -0.05) is 166 Å². The van der Waals surface area contributed by atoms with Gasteiger partial charge in [-0.2, -0.15) is 0 Å². The monoisotopic (exact) mass is 728 g/mol. The van der Waals surface area contributed by atoms with Crippen molar-refractivity contribution >= 4 is 19.8 Å². The minimum atomic E-state index is -4.77. The molecule has 0 saturated heterocycles. The Morgan fingerprint density at radius 1 is 0.620 bits per heavy atom. The minimum absolute atomic E-state index is 0.200. The quantitative estimate of drug-likeness (QED) is 0.0189. The van der Waals surface area contributed by atoms with Crippen molar-refractivity contribution in [3.05, 3.63) is 36.5 Å². The van der Waals surface area contributed by atoms with Gasteiger partial charge < -0.3 is 24.4 Å². The number of unbranched alkanes of at least 4 members (excludes halogenated alkanes) is 20. The van der Waals surface area contributed by atoms with Crippen molar-refractivity contribution in [1.82, 2.24) is 0 Å². The molecule has 10 heteroatoms. The first kappa shape index (κ1) is 48.2. The topological polar surface area (TPSA) is 140 Å². The first-order valence-corrected chi connectivity index (χ1v) is 21.4. The van der Waals surface area contributed by atoms with Crippen LogP contribution in [0.2, 0.25) is 0 Å². The van der Waals surface area contributed by atoms with E-state index in [9.17, 15) is 19.3 Å². The van der Waals surface area contributed by atoms with Gasteiger partial charge in [0, 0.05) is 12.8 Å². The number of aliphatic hydroxyl groups excluding tert-OH is 1. The molecule has 0 radical (unpaired) electrons. The first-order valence-electron chi connectivity index (χ1n) is 19.9. The number of aliphatic hydroxyl groups is 1. The van der Waals surface area contributed by atoms with Crippen LogP contribution in [0.25, 0.3) is 0 Å². The maximum atomic E-state index is 12.4. The summed E-state index contributed by atoms with van der Waals surface area (Å²) in [5, 5.41) is 9.83. The van der Waals surface area contributed by atoms with Gasteiger partial charge in [0.25, 0.3) is 0 Å². The van der Waals surface area contributed by atoms with Gasteiger partial charge in [0.15, 0.2) is 6.10 Å². The van der Waals surface area contributed by atoms with E-state index in [1.807, 2.05) is 24.3 Å². The van der Waals surface area contributed by atoms with E-state index in [4.69, 9.17) is 19.3 Å². The largest absolute Gasteiger partial charge is 0.469 e. The summed E-state index contributed by atoms with van der Waals surface area (Å²) < 4.78 is 26.3. The lowest BCUT2D eigenvalue weighted by Gasteiger charge is -2.18. The second-order valence-electron chi connectivity index (χ2n) is 13.4. The number of hydrogen-bond acceptors (Lipinski definition) is 7. The molecule has 0 aromatic rings. The average molecular weight is 729 g/mol. The molecule has 0 saturated carbocycles. The molecule has 3 N–H and O–H groups in total. The van der Waals surface area contributed by atoms with Gasteiger partial charge in [-0.25, -0.2) is 4.57 Å². The van der Waals surface area contributed by atoms with Crippen molar-refractivity contribution in [2.24, 2.45) is 0 Å². The van der Waals surface area contributed by atoms with Gasteiger partial charge in [0.05, 0.1) is 12.7 Å². The fourth-order valence-electron chi connectivity index (χ4n) is 5.53. The summed E-state index contributed by atoms with van der Waals surface area (Å²) in [5.41, 5.74) is 0. The molecule has 0 fully saturated rings. The number of phosphoric ester groups is 1. The van der Waals surface area contributed by atoms with Crippen LogP contribution in [0.15, 0.2) is 36.5 Å². The minimum Gasteiger partial charge on any atom is -0.462 e. The molecule has 0 heterocycles. The molecule has 1 unspecified atom stereocenters. The van der Waals surface area contributed by atoms with E-state index in [-0.39, 0.29) is 19.4 Å². The second-order valence-corrected chi connectivity index (χ2v) is 14.7. The molecule has 0 rings (SSSR count). The molecule has 2 atom stereocenters. The summed E-state index contributed by atoms with van der Waals surface area (Å²) in [7, 11) is -4.77. The van der Waals surface area contributed by atoms with Crippen molar-refractivity contribution < 1.29 is 43.0 Å². The number of rotatable bonds is 36. The number of esters is 2. The van der Waals surface area contributed by atoms with E-state index in [0.717, 1.165) is 57.8 Å². The Kier molecular flexibility index (Phi) is 34.4.